The second kappa shape index (κ2) is 5.81. The van der Waals surface area contributed by atoms with E-state index in [0.29, 0.717) is 12.3 Å². The lowest BCUT2D eigenvalue weighted by atomic mass is 10.2. The van der Waals surface area contributed by atoms with E-state index in [1.54, 1.807) is 6.07 Å². The Morgan fingerprint density at radius 2 is 2.17 bits per heavy atom. The number of aromatic carboxylic acids is 1. The van der Waals surface area contributed by atoms with Gasteiger partial charge in [0.2, 0.25) is 0 Å². The number of pyridine rings is 1. The molecular formula is C13H10INO3. The van der Waals surface area contributed by atoms with Crippen molar-refractivity contribution in [1.82, 2.24) is 4.98 Å². The van der Waals surface area contributed by atoms with Gasteiger partial charge in [-0.15, -0.1) is 0 Å². The molecule has 0 atom stereocenters. The zero-order chi connectivity index (χ0) is 13.0. The van der Waals surface area contributed by atoms with Gasteiger partial charge in [0.15, 0.2) is 0 Å². The minimum absolute atomic E-state index is 0.174. The third-order valence-corrected chi connectivity index (χ3v) is 2.93. The van der Waals surface area contributed by atoms with Gasteiger partial charge in [-0.25, -0.2) is 4.79 Å². The maximum Gasteiger partial charge on any atom is 0.337 e. The molecule has 0 bridgehead atoms. The Balaban J connectivity index is 2.00. The molecule has 4 nitrogen and oxygen atoms in total. The van der Waals surface area contributed by atoms with Gasteiger partial charge in [0.1, 0.15) is 12.4 Å². The largest absolute Gasteiger partial charge is 0.487 e. The van der Waals surface area contributed by atoms with Gasteiger partial charge in [0.25, 0.3) is 0 Å². The van der Waals surface area contributed by atoms with Crippen LogP contribution in [-0.4, -0.2) is 16.1 Å². The number of benzene rings is 1. The van der Waals surface area contributed by atoms with Crippen LogP contribution < -0.4 is 4.74 Å². The topological polar surface area (TPSA) is 59.4 Å². The molecule has 1 heterocycles. The molecule has 0 radical (unpaired) electrons. The monoisotopic (exact) mass is 355 g/mol. The number of carboxylic acids is 1. The van der Waals surface area contributed by atoms with Gasteiger partial charge in [0.05, 0.1) is 11.3 Å². The molecule has 1 N–H and O–H groups in total. The summed E-state index contributed by atoms with van der Waals surface area (Å²) in [6, 6.07) is 10.9. The Morgan fingerprint density at radius 1 is 1.33 bits per heavy atom. The number of aromatic nitrogens is 1. The van der Waals surface area contributed by atoms with E-state index in [1.807, 2.05) is 24.3 Å². The standard InChI is InChI=1S/C13H10INO3/c14-10-2-1-3-12(6-10)18-8-11-5-4-9(7-15-11)13(16)17/h1-7H,8H2,(H,16,17). The summed E-state index contributed by atoms with van der Waals surface area (Å²) < 4.78 is 6.66. The summed E-state index contributed by atoms with van der Waals surface area (Å²) in [4.78, 5) is 14.7. The number of rotatable bonds is 4. The van der Waals surface area contributed by atoms with Crippen LogP contribution in [0.15, 0.2) is 42.6 Å². The van der Waals surface area contributed by atoms with Gasteiger partial charge in [0, 0.05) is 9.77 Å². The number of ether oxygens (including phenoxy) is 1. The first-order valence-corrected chi connectivity index (χ1v) is 6.29. The Bertz CT molecular complexity index is 554. The SMILES string of the molecule is O=C(O)c1ccc(COc2cccc(I)c2)nc1. The average molecular weight is 355 g/mol. The van der Waals surface area contributed by atoms with Crippen LogP contribution in [0.4, 0.5) is 0 Å². The zero-order valence-corrected chi connectivity index (χ0v) is 11.5. The summed E-state index contributed by atoms with van der Waals surface area (Å²) in [6.45, 7) is 0.319. The van der Waals surface area contributed by atoms with Gasteiger partial charge in [-0.2, -0.15) is 0 Å². The normalized spacial score (nSPS) is 10.1. The zero-order valence-electron chi connectivity index (χ0n) is 9.34. The molecule has 0 amide bonds. The van der Waals surface area contributed by atoms with Crippen molar-refractivity contribution in [3.63, 3.8) is 0 Å². The van der Waals surface area contributed by atoms with E-state index in [1.165, 1.54) is 12.3 Å². The summed E-state index contributed by atoms with van der Waals surface area (Å²) in [5, 5.41) is 8.74. The molecule has 0 fully saturated rings. The van der Waals surface area contributed by atoms with Crippen molar-refractivity contribution in [1.29, 1.82) is 0 Å². The fourth-order valence-electron chi connectivity index (χ4n) is 1.35. The molecule has 0 saturated heterocycles. The lowest BCUT2D eigenvalue weighted by Gasteiger charge is -2.06. The van der Waals surface area contributed by atoms with Crippen molar-refractivity contribution < 1.29 is 14.6 Å². The van der Waals surface area contributed by atoms with Crippen LogP contribution in [0, 0.1) is 3.57 Å². The molecule has 0 saturated carbocycles. The van der Waals surface area contributed by atoms with Crippen molar-refractivity contribution in [2.45, 2.75) is 6.61 Å². The van der Waals surface area contributed by atoms with Crippen molar-refractivity contribution in [2.24, 2.45) is 0 Å². The molecule has 0 spiro atoms. The Labute approximate surface area is 118 Å². The minimum Gasteiger partial charge on any atom is -0.487 e. The van der Waals surface area contributed by atoms with Crippen LogP contribution in [0.3, 0.4) is 0 Å². The van der Waals surface area contributed by atoms with Crippen molar-refractivity contribution in [2.75, 3.05) is 0 Å². The van der Waals surface area contributed by atoms with E-state index in [9.17, 15) is 4.79 Å². The van der Waals surface area contributed by atoms with E-state index < -0.39 is 5.97 Å². The number of nitrogens with zero attached hydrogens (tertiary/aromatic N) is 1. The highest BCUT2D eigenvalue weighted by atomic mass is 127. The Hall–Kier alpha value is -1.63. The molecular weight excluding hydrogens is 345 g/mol. The smallest absolute Gasteiger partial charge is 0.337 e. The molecule has 1 aromatic heterocycles. The summed E-state index contributed by atoms with van der Waals surface area (Å²) in [7, 11) is 0. The molecule has 0 aliphatic rings. The van der Waals surface area contributed by atoms with Crippen molar-refractivity contribution >= 4 is 28.6 Å². The third kappa shape index (κ3) is 3.43. The van der Waals surface area contributed by atoms with E-state index in [2.05, 4.69) is 27.6 Å². The maximum atomic E-state index is 10.7. The number of carbonyl (C=O) groups is 1. The van der Waals surface area contributed by atoms with Crippen LogP contribution in [0.25, 0.3) is 0 Å². The first kappa shape index (κ1) is 12.8. The fourth-order valence-corrected chi connectivity index (χ4v) is 1.86. The molecule has 0 aliphatic carbocycles. The Morgan fingerprint density at radius 3 is 2.78 bits per heavy atom. The predicted molar refractivity (Wildman–Crippen MR) is 74.7 cm³/mol. The van der Waals surface area contributed by atoms with Gasteiger partial charge in [-0.1, -0.05) is 6.07 Å². The molecule has 92 valence electrons. The first-order valence-electron chi connectivity index (χ1n) is 5.22. The molecule has 1 aromatic carbocycles. The van der Waals surface area contributed by atoms with Crippen LogP contribution >= 0.6 is 22.6 Å². The molecule has 0 aliphatic heterocycles. The molecule has 0 unspecified atom stereocenters. The summed E-state index contributed by atoms with van der Waals surface area (Å²) in [6.07, 6.45) is 1.33. The van der Waals surface area contributed by atoms with Crippen molar-refractivity contribution in [3.8, 4) is 5.75 Å². The minimum atomic E-state index is -0.979. The van der Waals surface area contributed by atoms with Crippen LogP contribution in [0.2, 0.25) is 0 Å². The highest BCUT2D eigenvalue weighted by Crippen LogP contribution is 2.16. The maximum absolute atomic E-state index is 10.7. The Kier molecular flexibility index (Phi) is 4.14. The van der Waals surface area contributed by atoms with Crippen LogP contribution in [0.1, 0.15) is 16.1 Å². The third-order valence-electron chi connectivity index (χ3n) is 2.25. The summed E-state index contributed by atoms with van der Waals surface area (Å²) in [5.41, 5.74) is 0.867. The number of halogens is 1. The second-order valence-electron chi connectivity index (χ2n) is 3.59. The highest BCUT2D eigenvalue weighted by molar-refractivity contribution is 14.1. The highest BCUT2D eigenvalue weighted by Gasteiger charge is 2.03. The summed E-state index contributed by atoms with van der Waals surface area (Å²) in [5.74, 6) is -0.210. The fraction of sp³-hybridized carbons (Fsp3) is 0.0769. The van der Waals surface area contributed by atoms with E-state index >= 15 is 0 Å². The van der Waals surface area contributed by atoms with Gasteiger partial charge in [-0.05, 0) is 52.9 Å². The van der Waals surface area contributed by atoms with Gasteiger partial charge >= 0.3 is 5.97 Å². The number of carboxylic acid groups (broad SMARTS) is 1. The van der Waals surface area contributed by atoms with Crippen molar-refractivity contribution in [3.05, 3.63) is 57.4 Å². The lowest BCUT2D eigenvalue weighted by Crippen LogP contribution is -2.01. The molecule has 18 heavy (non-hydrogen) atoms. The van der Waals surface area contributed by atoms with Gasteiger partial charge < -0.3 is 9.84 Å². The van der Waals surface area contributed by atoms with E-state index in [0.717, 1.165) is 9.32 Å². The molecule has 5 heteroatoms. The predicted octanol–water partition coefficient (Wildman–Crippen LogP) is 2.96. The molecule has 2 rings (SSSR count). The second-order valence-corrected chi connectivity index (χ2v) is 4.84. The first-order chi connectivity index (χ1) is 8.65. The number of hydrogen-bond acceptors (Lipinski definition) is 3. The van der Waals surface area contributed by atoms with Gasteiger partial charge in [-0.3, -0.25) is 4.98 Å². The average Bonchev–Trinajstić information content (AvgIpc) is 2.37. The number of hydrogen-bond donors (Lipinski definition) is 1. The lowest BCUT2D eigenvalue weighted by molar-refractivity contribution is 0.0696. The van der Waals surface area contributed by atoms with E-state index in [4.69, 9.17) is 9.84 Å². The van der Waals surface area contributed by atoms with E-state index in [-0.39, 0.29) is 5.56 Å². The summed E-state index contributed by atoms with van der Waals surface area (Å²) >= 11 is 2.21. The van der Waals surface area contributed by atoms with Crippen LogP contribution in [-0.2, 0) is 6.61 Å². The quantitative estimate of drug-likeness (QED) is 0.857. The van der Waals surface area contributed by atoms with Crippen LogP contribution in [0.5, 0.6) is 5.75 Å². The molecule has 2 aromatic rings.